The average Bonchev–Trinajstić information content (AvgIpc) is 2.90. The Morgan fingerprint density at radius 2 is 2.26 bits per heavy atom. The number of nitrogens with one attached hydrogen (secondary N) is 2. The van der Waals surface area contributed by atoms with Gasteiger partial charge in [0, 0.05) is 25.6 Å². The SMILES string of the molecule is CC(Cc1nc2ccccc2s1)NC(=O)C1CNCCO1.Cl.Cl. The van der Waals surface area contributed by atoms with E-state index in [1.165, 1.54) is 4.70 Å². The molecule has 8 heteroatoms. The summed E-state index contributed by atoms with van der Waals surface area (Å²) in [5, 5.41) is 7.21. The van der Waals surface area contributed by atoms with E-state index in [-0.39, 0.29) is 42.9 Å². The van der Waals surface area contributed by atoms with E-state index in [1.54, 1.807) is 11.3 Å². The maximum absolute atomic E-state index is 12.1. The third kappa shape index (κ3) is 5.29. The molecule has 1 amide bonds. The zero-order valence-electron chi connectivity index (χ0n) is 12.8. The number of hydrogen-bond donors (Lipinski definition) is 2. The Hall–Kier alpha value is -0.920. The van der Waals surface area contributed by atoms with E-state index in [0.717, 1.165) is 23.5 Å². The molecule has 1 saturated heterocycles. The number of fused-ring (bicyclic) bond motifs is 1. The van der Waals surface area contributed by atoms with Crippen molar-refractivity contribution in [2.45, 2.75) is 25.5 Å². The van der Waals surface area contributed by atoms with E-state index in [2.05, 4.69) is 21.7 Å². The van der Waals surface area contributed by atoms with Crippen molar-refractivity contribution in [3.8, 4) is 0 Å². The molecule has 1 aliphatic rings. The summed E-state index contributed by atoms with van der Waals surface area (Å²) >= 11 is 1.68. The molecule has 1 fully saturated rings. The molecule has 23 heavy (non-hydrogen) atoms. The standard InChI is InChI=1S/C15H19N3O2S.2ClH/c1-10(17-15(19)12-9-16-6-7-20-12)8-14-18-11-4-2-3-5-13(11)21-14;;/h2-5,10,12,16H,6-9H2,1H3,(H,17,19);2*1H. The predicted molar refractivity (Wildman–Crippen MR) is 98.0 cm³/mol. The van der Waals surface area contributed by atoms with E-state index in [0.29, 0.717) is 13.2 Å². The number of thiazole rings is 1. The minimum Gasteiger partial charge on any atom is -0.366 e. The molecular weight excluding hydrogens is 357 g/mol. The molecule has 2 atom stereocenters. The third-order valence-corrected chi connectivity index (χ3v) is 4.49. The molecule has 128 valence electrons. The Balaban J connectivity index is 0.00000132. The van der Waals surface area contributed by atoms with Gasteiger partial charge in [0.1, 0.15) is 6.10 Å². The van der Waals surface area contributed by atoms with Gasteiger partial charge in [0.2, 0.25) is 0 Å². The van der Waals surface area contributed by atoms with E-state index in [4.69, 9.17) is 4.74 Å². The lowest BCUT2D eigenvalue weighted by Gasteiger charge is -2.24. The second-order valence-corrected chi connectivity index (χ2v) is 6.37. The second-order valence-electron chi connectivity index (χ2n) is 5.25. The molecule has 5 nitrogen and oxygen atoms in total. The van der Waals surface area contributed by atoms with Crippen LogP contribution in [0, 0.1) is 0 Å². The molecule has 0 aliphatic carbocycles. The van der Waals surface area contributed by atoms with Crippen molar-refractivity contribution in [2.24, 2.45) is 0 Å². The van der Waals surface area contributed by atoms with E-state index in [1.807, 2.05) is 25.1 Å². The van der Waals surface area contributed by atoms with Gasteiger partial charge in [-0.05, 0) is 19.1 Å². The lowest BCUT2D eigenvalue weighted by Crippen LogP contribution is -2.50. The van der Waals surface area contributed by atoms with Crippen LogP contribution in [-0.2, 0) is 16.0 Å². The molecule has 3 rings (SSSR count). The number of hydrogen-bond acceptors (Lipinski definition) is 5. The fraction of sp³-hybridized carbons (Fsp3) is 0.467. The van der Waals surface area contributed by atoms with Gasteiger partial charge in [0.25, 0.3) is 5.91 Å². The summed E-state index contributed by atoms with van der Waals surface area (Å²) in [4.78, 5) is 16.7. The Labute approximate surface area is 152 Å². The number of halogens is 2. The monoisotopic (exact) mass is 377 g/mol. The minimum atomic E-state index is -0.378. The van der Waals surface area contributed by atoms with Crippen molar-refractivity contribution in [3.05, 3.63) is 29.3 Å². The number of rotatable bonds is 4. The van der Waals surface area contributed by atoms with Crippen LogP contribution in [0.4, 0.5) is 0 Å². The highest BCUT2D eigenvalue weighted by molar-refractivity contribution is 7.18. The van der Waals surface area contributed by atoms with Gasteiger partial charge in [-0.15, -0.1) is 36.2 Å². The molecular formula is C15H21Cl2N3O2S. The first-order valence-electron chi connectivity index (χ1n) is 7.19. The van der Waals surface area contributed by atoms with E-state index in [9.17, 15) is 4.79 Å². The molecule has 1 aromatic heterocycles. The maximum atomic E-state index is 12.1. The number of carbonyl (C=O) groups is 1. The minimum absolute atomic E-state index is 0. The molecule has 1 aliphatic heterocycles. The molecule has 0 radical (unpaired) electrons. The first-order valence-corrected chi connectivity index (χ1v) is 8.01. The van der Waals surface area contributed by atoms with E-state index < -0.39 is 0 Å². The van der Waals surface area contributed by atoms with Gasteiger partial charge in [-0.3, -0.25) is 4.79 Å². The fourth-order valence-electron chi connectivity index (χ4n) is 2.39. The van der Waals surface area contributed by atoms with Crippen molar-refractivity contribution in [1.82, 2.24) is 15.6 Å². The van der Waals surface area contributed by atoms with Crippen LogP contribution in [0.5, 0.6) is 0 Å². The normalized spacial score (nSPS) is 18.6. The smallest absolute Gasteiger partial charge is 0.250 e. The highest BCUT2D eigenvalue weighted by Gasteiger charge is 2.23. The largest absolute Gasteiger partial charge is 0.366 e. The number of amides is 1. The number of ether oxygens (including phenoxy) is 1. The molecule has 0 spiro atoms. The number of aromatic nitrogens is 1. The highest BCUT2D eigenvalue weighted by Crippen LogP contribution is 2.22. The number of benzene rings is 1. The average molecular weight is 378 g/mol. The highest BCUT2D eigenvalue weighted by atomic mass is 35.5. The lowest BCUT2D eigenvalue weighted by molar-refractivity contribution is -0.134. The van der Waals surface area contributed by atoms with Crippen molar-refractivity contribution in [3.63, 3.8) is 0 Å². The second kappa shape index (κ2) is 9.39. The Morgan fingerprint density at radius 3 is 2.96 bits per heavy atom. The number of nitrogens with zero attached hydrogens (tertiary/aromatic N) is 1. The van der Waals surface area contributed by atoms with Crippen LogP contribution >= 0.6 is 36.2 Å². The number of para-hydroxylation sites is 1. The zero-order valence-corrected chi connectivity index (χ0v) is 15.2. The van der Waals surface area contributed by atoms with Crippen LogP contribution in [0.3, 0.4) is 0 Å². The molecule has 1 aromatic carbocycles. The summed E-state index contributed by atoms with van der Waals surface area (Å²) in [7, 11) is 0. The summed E-state index contributed by atoms with van der Waals surface area (Å²) < 4.78 is 6.64. The van der Waals surface area contributed by atoms with Crippen molar-refractivity contribution < 1.29 is 9.53 Å². The van der Waals surface area contributed by atoms with Crippen LogP contribution in [0.15, 0.2) is 24.3 Å². The molecule has 0 saturated carbocycles. The first-order chi connectivity index (χ1) is 10.2. The Kier molecular flexibility index (Phi) is 8.22. The lowest BCUT2D eigenvalue weighted by atomic mass is 10.2. The zero-order chi connectivity index (χ0) is 14.7. The number of morpholine rings is 1. The van der Waals surface area contributed by atoms with Crippen LogP contribution in [-0.4, -0.2) is 42.7 Å². The predicted octanol–water partition coefficient (Wildman–Crippen LogP) is 2.18. The van der Waals surface area contributed by atoms with Gasteiger partial charge in [0.15, 0.2) is 0 Å². The summed E-state index contributed by atoms with van der Waals surface area (Å²) in [6.07, 6.45) is 0.363. The third-order valence-electron chi connectivity index (χ3n) is 3.43. The van der Waals surface area contributed by atoms with Crippen molar-refractivity contribution in [1.29, 1.82) is 0 Å². The summed E-state index contributed by atoms with van der Waals surface area (Å²) in [6.45, 7) is 3.98. The molecule has 2 aromatic rings. The van der Waals surface area contributed by atoms with Crippen LogP contribution < -0.4 is 10.6 Å². The molecule has 2 N–H and O–H groups in total. The molecule has 2 unspecified atom stereocenters. The van der Waals surface area contributed by atoms with E-state index >= 15 is 0 Å². The first kappa shape index (κ1) is 20.1. The molecule has 0 bridgehead atoms. The Bertz CT molecular complexity index is 599. The quantitative estimate of drug-likeness (QED) is 0.856. The van der Waals surface area contributed by atoms with Crippen LogP contribution in [0.1, 0.15) is 11.9 Å². The topological polar surface area (TPSA) is 63.2 Å². The van der Waals surface area contributed by atoms with Gasteiger partial charge in [0.05, 0.1) is 21.8 Å². The van der Waals surface area contributed by atoms with Gasteiger partial charge in [-0.1, -0.05) is 12.1 Å². The summed E-state index contributed by atoms with van der Waals surface area (Å²) in [5.74, 6) is -0.0455. The maximum Gasteiger partial charge on any atom is 0.250 e. The number of carbonyl (C=O) groups excluding carboxylic acids is 1. The Morgan fingerprint density at radius 1 is 1.48 bits per heavy atom. The summed E-state index contributed by atoms with van der Waals surface area (Å²) in [6, 6.07) is 8.14. The fourth-order valence-corrected chi connectivity index (χ4v) is 3.49. The van der Waals surface area contributed by atoms with Crippen molar-refractivity contribution >= 4 is 52.3 Å². The summed E-state index contributed by atoms with van der Waals surface area (Å²) in [5.41, 5.74) is 1.02. The van der Waals surface area contributed by atoms with Crippen molar-refractivity contribution in [2.75, 3.05) is 19.7 Å². The van der Waals surface area contributed by atoms with Crippen LogP contribution in [0.2, 0.25) is 0 Å². The van der Waals surface area contributed by atoms with Gasteiger partial charge < -0.3 is 15.4 Å². The molecule has 2 heterocycles. The van der Waals surface area contributed by atoms with Gasteiger partial charge in [-0.25, -0.2) is 4.98 Å². The van der Waals surface area contributed by atoms with Crippen LogP contribution in [0.25, 0.3) is 10.2 Å². The van der Waals surface area contributed by atoms with Gasteiger partial charge >= 0.3 is 0 Å². The van der Waals surface area contributed by atoms with Gasteiger partial charge in [-0.2, -0.15) is 0 Å².